The summed E-state index contributed by atoms with van der Waals surface area (Å²) >= 11 is 0. The van der Waals surface area contributed by atoms with Crippen molar-refractivity contribution in [3.63, 3.8) is 0 Å². The zero-order valence-corrected chi connectivity index (χ0v) is 28.1. The molecule has 0 saturated heterocycles. The van der Waals surface area contributed by atoms with Gasteiger partial charge in [0.25, 0.3) is 0 Å². The van der Waals surface area contributed by atoms with Crippen molar-refractivity contribution < 1.29 is 47.4 Å². The average Bonchev–Trinajstić information content (AvgIpc) is 3.08. The molecule has 3 rings (SSSR count). The molecule has 4 bridgehead atoms. The Morgan fingerprint density at radius 1 is 0.348 bits per heavy atom. The second-order valence-corrected chi connectivity index (χ2v) is 10.7. The van der Waals surface area contributed by atoms with Crippen molar-refractivity contribution >= 4 is 0 Å². The van der Waals surface area contributed by atoms with Crippen LogP contribution in [0.1, 0.15) is 74.9 Å². The number of rotatable bonds is 0. The minimum Gasteiger partial charge on any atom is -0.377 e. The molecule has 2 aromatic rings. The van der Waals surface area contributed by atoms with Gasteiger partial charge in [-0.15, -0.1) is 0 Å². The second-order valence-electron chi connectivity index (χ2n) is 10.7. The van der Waals surface area contributed by atoms with Gasteiger partial charge < -0.3 is 47.4 Å². The molecule has 12 heteroatoms. The molecule has 0 amide bonds. The lowest BCUT2D eigenvalue weighted by Crippen LogP contribution is -2.15. The van der Waals surface area contributed by atoms with Gasteiger partial charge in [0.2, 0.25) is 0 Å². The van der Waals surface area contributed by atoms with Crippen LogP contribution in [0.15, 0.2) is 36.4 Å². The Bertz CT molecular complexity index is 896. The zero-order chi connectivity index (χ0) is 32.7. The molecule has 0 N–H and O–H groups in total. The SMILES string of the molecule is C[C@@H]1OCCOCCOCCOCCO[C@H](C)c2cccc(n2)[C@@H](C)OCCOCCOCCOCCO[C@H](C)c2cccc1n2. The third-order valence-corrected chi connectivity index (χ3v) is 7.12. The predicted octanol–water partition coefficient (Wildman–Crippen LogP) is 4.60. The van der Waals surface area contributed by atoms with E-state index in [-0.39, 0.29) is 24.4 Å². The van der Waals surface area contributed by atoms with Gasteiger partial charge in [-0.1, -0.05) is 12.1 Å². The fraction of sp³-hybridized carbons (Fsp3) is 0.706. The van der Waals surface area contributed by atoms with Crippen LogP contribution in [0.3, 0.4) is 0 Å². The van der Waals surface area contributed by atoms with E-state index in [1.165, 1.54) is 0 Å². The number of hydrogen-bond donors (Lipinski definition) is 0. The Labute approximate surface area is 274 Å². The first-order valence-corrected chi connectivity index (χ1v) is 16.4. The summed E-state index contributed by atoms with van der Waals surface area (Å²) in [6, 6.07) is 11.8. The van der Waals surface area contributed by atoms with E-state index in [9.17, 15) is 0 Å². The molecule has 46 heavy (non-hydrogen) atoms. The standard InChI is InChI=1S/C34H54N2O10/c1-27-31-7-5-8-32(35-31)28(2)44-24-20-40-17-13-38-14-18-42-22-26-46-30(4)34-10-6-9-33(36-34)29(3)45-25-21-41-16-12-37-11-15-39-19-23-43-27/h5-10,27-30H,11-26H2,1-4H3/t27-,28-,29-,30+/m1/s1. The maximum atomic E-state index is 5.93. The van der Waals surface area contributed by atoms with E-state index < -0.39 is 0 Å². The lowest BCUT2D eigenvalue weighted by Gasteiger charge is -2.17. The smallest absolute Gasteiger partial charge is 0.0967 e. The fourth-order valence-corrected chi connectivity index (χ4v) is 4.40. The van der Waals surface area contributed by atoms with Crippen molar-refractivity contribution in [2.45, 2.75) is 52.1 Å². The number of pyridine rings is 2. The lowest BCUT2D eigenvalue weighted by atomic mass is 10.2. The van der Waals surface area contributed by atoms with Crippen LogP contribution in [0.25, 0.3) is 0 Å². The first-order chi connectivity index (χ1) is 22.5. The van der Waals surface area contributed by atoms with Gasteiger partial charge in [0.15, 0.2) is 0 Å². The molecule has 0 unspecified atom stereocenters. The van der Waals surface area contributed by atoms with Gasteiger partial charge in [-0.25, -0.2) is 0 Å². The van der Waals surface area contributed by atoms with Gasteiger partial charge >= 0.3 is 0 Å². The molecule has 0 spiro atoms. The Balaban J connectivity index is 1.40. The summed E-state index contributed by atoms with van der Waals surface area (Å²) in [6.07, 6.45) is -0.666. The van der Waals surface area contributed by atoms with Crippen LogP contribution in [0.2, 0.25) is 0 Å². The van der Waals surface area contributed by atoms with Crippen molar-refractivity contribution in [3.8, 4) is 0 Å². The van der Waals surface area contributed by atoms with Crippen LogP contribution >= 0.6 is 0 Å². The van der Waals surface area contributed by atoms with Gasteiger partial charge in [0, 0.05) is 0 Å². The van der Waals surface area contributed by atoms with Crippen molar-refractivity contribution in [2.75, 3.05) is 106 Å². The molecule has 0 fully saturated rings. The topological polar surface area (TPSA) is 118 Å². The molecule has 0 aromatic carbocycles. The predicted molar refractivity (Wildman–Crippen MR) is 171 cm³/mol. The molecule has 0 saturated carbocycles. The fourth-order valence-electron chi connectivity index (χ4n) is 4.40. The van der Waals surface area contributed by atoms with E-state index in [4.69, 9.17) is 57.3 Å². The Morgan fingerprint density at radius 2 is 0.543 bits per heavy atom. The maximum Gasteiger partial charge on any atom is 0.0967 e. The molecule has 12 nitrogen and oxygen atoms in total. The molecule has 1 aliphatic rings. The summed E-state index contributed by atoms with van der Waals surface area (Å²) in [5, 5.41) is 0. The third-order valence-electron chi connectivity index (χ3n) is 7.12. The Morgan fingerprint density at radius 3 is 0.761 bits per heavy atom. The van der Waals surface area contributed by atoms with Crippen LogP contribution in [0.4, 0.5) is 0 Å². The van der Waals surface area contributed by atoms with Crippen LogP contribution in [0.5, 0.6) is 0 Å². The minimum absolute atomic E-state index is 0.167. The van der Waals surface area contributed by atoms with Crippen molar-refractivity contribution in [1.29, 1.82) is 0 Å². The van der Waals surface area contributed by atoms with Crippen LogP contribution in [0, 0.1) is 0 Å². The third kappa shape index (κ3) is 16.1. The quantitative estimate of drug-likeness (QED) is 0.397. The van der Waals surface area contributed by atoms with E-state index in [2.05, 4.69) is 0 Å². The molecular formula is C34H54N2O10. The number of hydrogen-bond acceptors (Lipinski definition) is 12. The van der Waals surface area contributed by atoms with Gasteiger partial charge in [-0.3, -0.25) is 9.97 Å². The van der Waals surface area contributed by atoms with E-state index in [1.807, 2.05) is 64.1 Å². The molecule has 0 aliphatic carbocycles. The zero-order valence-electron chi connectivity index (χ0n) is 28.1. The van der Waals surface area contributed by atoms with Crippen molar-refractivity contribution in [1.82, 2.24) is 9.97 Å². The van der Waals surface area contributed by atoms with Gasteiger partial charge in [-0.05, 0) is 52.0 Å². The van der Waals surface area contributed by atoms with Gasteiger partial charge in [-0.2, -0.15) is 0 Å². The first kappa shape index (κ1) is 38.3. The highest BCUT2D eigenvalue weighted by Crippen LogP contribution is 2.21. The lowest BCUT2D eigenvalue weighted by molar-refractivity contribution is -0.0286. The largest absolute Gasteiger partial charge is 0.377 e. The molecule has 260 valence electrons. The minimum atomic E-state index is -0.167. The maximum absolute atomic E-state index is 5.93. The Kier molecular flexibility index (Phi) is 20.1. The highest BCUT2D eigenvalue weighted by atomic mass is 16.6. The second kappa shape index (κ2) is 24.1. The van der Waals surface area contributed by atoms with Crippen LogP contribution in [-0.4, -0.2) is 116 Å². The van der Waals surface area contributed by atoms with Gasteiger partial charge in [0.1, 0.15) is 0 Å². The number of nitrogens with zero attached hydrogens (tertiary/aromatic N) is 2. The van der Waals surface area contributed by atoms with E-state index >= 15 is 0 Å². The van der Waals surface area contributed by atoms with Crippen LogP contribution in [-0.2, 0) is 47.4 Å². The molecule has 1 aliphatic heterocycles. The number of aromatic nitrogens is 2. The Hall–Kier alpha value is -2.10. The van der Waals surface area contributed by atoms with E-state index in [0.717, 1.165) is 22.8 Å². The normalized spacial score (nSPS) is 26.2. The van der Waals surface area contributed by atoms with Crippen molar-refractivity contribution in [2.24, 2.45) is 0 Å². The summed E-state index contributed by atoms with van der Waals surface area (Å²) < 4.78 is 57.4. The molecular weight excluding hydrogens is 596 g/mol. The number of fused-ring (bicyclic) bond motifs is 4. The highest BCUT2D eigenvalue weighted by Gasteiger charge is 2.14. The van der Waals surface area contributed by atoms with E-state index in [0.29, 0.717) is 106 Å². The summed E-state index contributed by atoms with van der Waals surface area (Å²) in [5.41, 5.74) is 3.41. The van der Waals surface area contributed by atoms with Crippen molar-refractivity contribution in [3.05, 3.63) is 59.2 Å². The first-order valence-electron chi connectivity index (χ1n) is 16.4. The number of ether oxygens (including phenoxy) is 10. The summed E-state index contributed by atoms with van der Waals surface area (Å²) in [7, 11) is 0. The molecule has 3 heterocycles. The highest BCUT2D eigenvalue weighted by molar-refractivity contribution is 5.15. The van der Waals surface area contributed by atoms with Gasteiger partial charge in [0.05, 0.1) is 153 Å². The summed E-state index contributed by atoms with van der Waals surface area (Å²) in [4.78, 5) is 9.48. The summed E-state index contributed by atoms with van der Waals surface area (Å²) in [6.45, 7) is 15.6. The monoisotopic (exact) mass is 650 g/mol. The molecule has 4 atom stereocenters. The van der Waals surface area contributed by atoms with E-state index in [1.54, 1.807) is 0 Å². The average molecular weight is 651 g/mol. The molecule has 2 aromatic heterocycles. The molecule has 0 radical (unpaired) electrons. The summed E-state index contributed by atoms with van der Waals surface area (Å²) in [5.74, 6) is 0. The van der Waals surface area contributed by atoms with Crippen LogP contribution < -0.4 is 0 Å².